The standard InChI is InChI=1S/C11H12ClN3O2S/c1-6-5-17-3-2-15(6)8-4-7(12)10-9(13-8)11(16)14-18-10/h4,6H,2-3,5H2,1H3,(H,14,16). The van der Waals surface area contributed by atoms with Gasteiger partial charge in [-0.05, 0) is 6.92 Å². The number of morpholine rings is 1. The van der Waals surface area contributed by atoms with Crippen molar-refractivity contribution in [3.63, 3.8) is 0 Å². The maximum Gasteiger partial charge on any atom is 0.284 e. The summed E-state index contributed by atoms with van der Waals surface area (Å²) in [4.78, 5) is 18.2. The molecule has 7 heteroatoms. The molecule has 3 heterocycles. The Morgan fingerprint density at radius 2 is 2.50 bits per heavy atom. The minimum atomic E-state index is -0.181. The quantitative estimate of drug-likeness (QED) is 0.869. The van der Waals surface area contributed by atoms with Crippen LogP contribution in [-0.4, -0.2) is 35.2 Å². The molecule has 2 aromatic rings. The Balaban J connectivity index is 2.11. The molecule has 1 aliphatic heterocycles. The number of ether oxygens (including phenoxy) is 1. The Hall–Kier alpha value is -1.11. The largest absolute Gasteiger partial charge is 0.377 e. The number of pyridine rings is 1. The van der Waals surface area contributed by atoms with Gasteiger partial charge in [0.2, 0.25) is 0 Å². The number of anilines is 1. The lowest BCUT2D eigenvalue weighted by Crippen LogP contribution is -2.44. The Kier molecular flexibility index (Phi) is 3.01. The summed E-state index contributed by atoms with van der Waals surface area (Å²) in [5, 5.41) is 0.567. The maximum atomic E-state index is 11.6. The fourth-order valence-electron chi connectivity index (χ4n) is 2.10. The van der Waals surface area contributed by atoms with Gasteiger partial charge in [-0.25, -0.2) is 4.98 Å². The highest BCUT2D eigenvalue weighted by atomic mass is 35.5. The van der Waals surface area contributed by atoms with Crippen molar-refractivity contribution in [1.82, 2.24) is 9.36 Å². The molecule has 1 aliphatic rings. The van der Waals surface area contributed by atoms with Crippen LogP contribution in [0.4, 0.5) is 5.82 Å². The smallest absolute Gasteiger partial charge is 0.284 e. The number of rotatable bonds is 1. The fraction of sp³-hybridized carbons (Fsp3) is 0.455. The number of aromatic amines is 1. The topological polar surface area (TPSA) is 58.2 Å². The first kappa shape index (κ1) is 12.0. The number of hydrogen-bond donors (Lipinski definition) is 1. The maximum absolute atomic E-state index is 11.6. The van der Waals surface area contributed by atoms with Gasteiger partial charge in [-0.15, -0.1) is 0 Å². The number of nitrogens with one attached hydrogen (secondary N) is 1. The number of aromatic nitrogens is 2. The van der Waals surface area contributed by atoms with Gasteiger partial charge in [0.25, 0.3) is 5.56 Å². The molecule has 0 radical (unpaired) electrons. The third kappa shape index (κ3) is 1.90. The molecule has 0 bridgehead atoms. The van der Waals surface area contributed by atoms with Crippen molar-refractivity contribution in [3.05, 3.63) is 21.4 Å². The van der Waals surface area contributed by atoms with Gasteiger partial charge in [0.1, 0.15) is 5.82 Å². The highest BCUT2D eigenvalue weighted by molar-refractivity contribution is 7.13. The Morgan fingerprint density at radius 1 is 1.67 bits per heavy atom. The van der Waals surface area contributed by atoms with E-state index in [-0.39, 0.29) is 11.6 Å². The van der Waals surface area contributed by atoms with Crippen LogP contribution in [0.2, 0.25) is 5.02 Å². The monoisotopic (exact) mass is 285 g/mol. The van der Waals surface area contributed by atoms with Gasteiger partial charge < -0.3 is 9.64 Å². The van der Waals surface area contributed by atoms with Crippen molar-refractivity contribution in [2.24, 2.45) is 0 Å². The molecule has 1 saturated heterocycles. The molecule has 2 aromatic heterocycles. The molecular weight excluding hydrogens is 274 g/mol. The summed E-state index contributed by atoms with van der Waals surface area (Å²) in [5.41, 5.74) is 0.237. The van der Waals surface area contributed by atoms with E-state index in [2.05, 4.69) is 21.2 Å². The first-order valence-electron chi connectivity index (χ1n) is 5.69. The Morgan fingerprint density at radius 3 is 3.28 bits per heavy atom. The highest BCUT2D eigenvalue weighted by Gasteiger charge is 2.22. The average molecular weight is 286 g/mol. The second-order valence-electron chi connectivity index (χ2n) is 4.29. The van der Waals surface area contributed by atoms with E-state index >= 15 is 0 Å². The van der Waals surface area contributed by atoms with Gasteiger partial charge in [-0.2, -0.15) is 0 Å². The molecule has 3 rings (SSSR count). The third-order valence-electron chi connectivity index (χ3n) is 3.04. The van der Waals surface area contributed by atoms with Crippen LogP contribution >= 0.6 is 23.1 Å². The SMILES string of the molecule is CC1COCCN1c1cc(Cl)c2s[nH]c(=O)c2n1. The zero-order chi connectivity index (χ0) is 12.7. The molecule has 0 saturated carbocycles. The molecule has 18 heavy (non-hydrogen) atoms. The lowest BCUT2D eigenvalue weighted by atomic mass is 10.2. The van der Waals surface area contributed by atoms with Crippen LogP contribution < -0.4 is 10.5 Å². The zero-order valence-electron chi connectivity index (χ0n) is 9.77. The van der Waals surface area contributed by atoms with E-state index < -0.39 is 0 Å². The van der Waals surface area contributed by atoms with E-state index in [0.717, 1.165) is 12.4 Å². The molecule has 1 fully saturated rings. The Labute approximate surface area is 112 Å². The molecule has 0 amide bonds. The zero-order valence-corrected chi connectivity index (χ0v) is 11.3. The van der Waals surface area contributed by atoms with E-state index in [0.29, 0.717) is 28.5 Å². The number of fused-ring (bicyclic) bond motifs is 1. The fourth-order valence-corrected chi connectivity index (χ4v) is 3.09. The molecule has 1 atom stereocenters. The van der Waals surface area contributed by atoms with E-state index in [1.807, 2.05) is 6.07 Å². The van der Waals surface area contributed by atoms with E-state index in [1.165, 1.54) is 11.5 Å². The summed E-state index contributed by atoms with van der Waals surface area (Å²) in [6, 6.07) is 2.05. The van der Waals surface area contributed by atoms with Crippen LogP contribution in [0.3, 0.4) is 0 Å². The van der Waals surface area contributed by atoms with Crippen molar-refractivity contribution in [3.8, 4) is 0 Å². The molecule has 1 N–H and O–H groups in total. The van der Waals surface area contributed by atoms with Gasteiger partial charge in [0.05, 0.1) is 29.0 Å². The summed E-state index contributed by atoms with van der Waals surface area (Å²) in [7, 11) is 0. The van der Waals surface area contributed by atoms with Gasteiger partial charge in [0, 0.05) is 12.6 Å². The van der Waals surface area contributed by atoms with Crippen LogP contribution in [0.5, 0.6) is 0 Å². The molecule has 0 aliphatic carbocycles. The second kappa shape index (κ2) is 4.53. The van der Waals surface area contributed by atoms with Crippen LogP contribution in [-0.2, 0) is 4.74 Å². The number of halogens is 1. The average Bonchev–Trinajstić information content (AvgIpc) is 2.72. The van der Waals surface area contributed by atoms with Crippen LogP contribution in [0.1, 0.15) is 6.92 Å². The van der Waals surface area contributed by atoms with E-state index in [1.54, 1.807) is 0 Å². The minimum absolute atomic E-state index is 0.181. The highest BCUT2D eigenvalue weighted by Crippen LogP contribution is 2.28. The third-order valence-corrected chi connectivity index (χ3v) is 4.35. The molecule has 96 valence electrons. The summed E-state index contributed by atoms with van der Waals surface area (Å²) in [6.45, 7) is 4.16. The van der Waals surface area contributed by atoms with Crippen LogP contribution in [0.15, 0.2) is 10.9 Å². The number of nitrogens with zero attached hydrogens (tertiary/aromatic N) is 2. The van der Waals surface area contributed by atoms with Crippen molar-refractivity contribution in [1.29, 1.82) is 0 Å². The Bertz CT molecular complexity index is 639. The molecule has 1 unspecified atom stereocenters. The summed E-state index contributed by atoms with van der Waals surface area (Å²) < 4.78 is 8.76. The minimum Gasteiger partial charge on any atom is -0.377 e. The van der Waals surface area contributed by atoms with E-state index in [9.17, 15) is 4.79 Å². The summed E-state index contributed by atoms with van der Waals surface area (Å²) >= 11 is 7.42. The van der Waals surface area contributed by atoms with Crippen molar-refractivity contribution < 1.29 is 4.74 Å². The number of H-pyrrole nitrogens is 1. The van der Waals surface area contributed by atoms with Gasteiger partial charge in [-0.1, -0.05) is 23.1 Å². The molecular formula is C11H12ClN3O2S. The second-order valence-corrected chi connectivity index (χ2v) is 5.51. The molecule has 5 nitrogen and oxygen atoms in total. The predicted molar refractivity (Wildman–Crippen MR) is 72.9 cm³/mol. The van der Waals surface area contributed by atoms with Crippen LogP contribution in [0.25, 0.3) is 10.2 Å². The molecule has 0 spiro atoms. The van der Waals surface area contributed by atoms with Gasteiger partial charge >= 0.3 is 0 Å². The van der Waals surface area contributed by atoms with Crippen LogP contribution in [0, 0.1) is 0 Å². The lowest BCUT2D eigenvalue weighted by molar-refractivity contribution is 0.0986. The molecule has 0 aromatic carbocycles. The summed E-state index contributed by atoms with van der Waals surface area (Å²) in [5.74, 6) is 0.743. The van der Waals surface area contributed by atoms with Gasteiger partial charge in [0.15, 0.2) is 5.52 Å². The normalized spacial score (nSPS) is 20.6. The first-order valence-corrected chi connectivity index (χ1v) is 6.88. The van der Waals surface area contributed by atoms with Crippen molar-refractivity contribution in [2.75, 3.05) is 24.7 Å². The van der Waals surface area contributed by atoms with Crippen molar-refractivity contribution in [2.45, 2.75) is 13.0 Å². The lowest BCUT2D eigenvalue weighted by Gasteiger charge is -2.34. The van der Waals surface area contributed by atoms with E-state index in [4.69, 9.17) is 16.3 Å². The van der Waals surface area contributed by atoms with Crippen molar-refractivity contribution >= 4 is 39.2 Å². The van der Waals surface area contributed by atoms with Gasteiger partial charge in [-0.3, -0.25) is 9.17 Å². The predicted octanol–water partition coefficient (Wildman–Crippen LogP) is 1.86. The number of hydrogen-bond acceptors (Lipinski definition) is 5. The summed E-state index contributed by atoms with van der Waals surface area (Å²) in [6.07, 6.45) is 0. The first-order chi connectivity index (χ1) is 8.66.